The average Bonchev–Trinajstić information content (AvgIpc) is 3.53. The van der Waals surface area contributed by atoms with Crippen LogP contribution in [0.2, 0.25) is 0 Å². The molecule has 2 aromatic rings. The van der Waals surface area contributed by atoms with Gasteiger partial charge in [-0.1, -0.05) is 6.07 Å². The lowest BCUT2D eigenvalue weighted by atomic mass is 10.1. The summed E-state index contributed by atoms with van der Waals surface area (Å²) in [6.07, 6.45) is 6.14. The van der Waals surface area contributed by atoms with E-state index >= 15 is 0 Å². The number of benzene rings is 2. The van der Waals surface area contributed by atoms with Crippen LogP contribution in [0.4, 0.5) is 5.69 Å². The lowest BCUT2D eigenvalue weighted by Gasteiger charge is -2.07. The Bertz CT molecular complexity index is 901. The average molecular weight is 378 g/mol. The Kier molecular flexibility index (Phi) is 5.28. The van der Waals surface area contributed by atoms with Crippen LogP contribution >= 0.6 is 0 Å². The third-order valence-electron chi connectivity index (χ3n) is 4.53. The zero-order valence-electron chi connectivity index (χ0n) is 15.4. The number of nitrogens with one attached hydrogen (secondary N) is 2. The first kappa shape index (κ1) is 18.1. The van der Waals surface area contributed by atoms with Crippen molar-refractivity contribution in [1.82, 2.24) is 5.32 Å². The first-order chi connectivity index (χ1) is 13.7. The highest BCUT2D eigenvalue weighted by atomic mass is 16.5. The van der Waals surface area contributed by atoms with E-state index in [1.54, 1.807) is 30.3 Å². The molecule has 0 radical (unpaired) electrons. The monoisotopic (exact) mass is 378 g/mol. The summed E-state index contributed by atoms with van der Waals surface area (Å²) in [5.41, 5.74) is 2.08. The van der Waals surface area contributed by atoms with Crippen molar-refractivity contribution in [3.8, 4) is 11.5 Å². The van der Waals surface area contributed by atoms with E-state index in [4.69, 9.17) is 9.47 Å². The number of hydrogen-bond donors (Lipinski definition) is 2. The van der Waals surface area contributed by atoms with Gasteiger partial charge in [0.25, 0.3) is 5.91 Å². The van der Waals surface area contributed by atoms with Crippen LogP contribution in [0.5, 0.6) is 11.5 Å². The van der Waals surface area contributed by atoms with Crippen molar-refractivity contribution >= 4 is 23.6 Å². The molecule has 2 amide bonds. The molecule has 6 heteroatoms. The number of carbonyl (C=O) groups is 2. The Hall–Kier alpha value is -3.28. The number of ether oxygens (including phenoxy) is 2. The third-order valence-corrected chi connectivity index (χ3v) is 4.53. The summed E-state index contributed by atoms with van der Waals surface area (Å²) in [5, 5.41) is 5.73. The molecule has 6 nitrogen and oxygen atoms in total. The van der Waals surface area contributed by atoms with Gasteiger partial charge in [-0.2, -0.15) is 0 Å². The van der Waals surface area contributed by atoms with Crippen molar-refractivity contribution < 1.29 is 19.1 Å². The van der Waals surface area contributed by atoms with E-state index in [1.807, 2.05) is 18.2 Å². The molecule has 0 aromatic heterocycles. The molecule has 2 aromatic carbocycles. The van der Waals surface area contributed by atoms with Crippen LogP contribution < -0.4 is 20.1 Å². The first-order valence-corrected chi connectivity index (χ1v) is 9.47. The molecule has 0 atom stereocenters. The van der Waals surface area contributed by atoms with E-state index in [0.717, 1.165) is 30.6 Å². The van der Waals surface area contributed by atoms with Gasteiger partial charge in [0.2, 0.25) is 5.91 Å². The zero-order chi connectivity index (χ0) is 19.3. The maximum absolute atomic E-state index is 12.2. The third kappa shape index (κ3) is 4.71. The van der Waals surface area contributed by atoms with Crippen molar-refractivity contribution in [1.29, 1.82) is 0 Å². The fraction of sp³-hybridized carbons (Fsp3) is 0.273. The molecule has 28 heavy (non-hydrogen) atoms. The Morgan fingerprint density at radius 3 is 2.46 bits per heavy atom. The number of amides is 2. The molecule has 1 aliphatic heterocycles. The second kappa shape index (κ2) is 8.17. The van der Waals surface area contributed by atoms with Crippen molar-refractivity contribution in [2.24, 2.45) is 0 Å². The molecule has 1 saturated carbocycles. The number of anilines is 1. The fourth-order valence-electron chi connectivity index (χ4n) is 2.84. The van der Waals surface area contributed by atoms with Gasteiger partial charge in [-0.05, 0) is 60.9 Å². The molecule has 0 unspecified atom stereocenters. The molecule has 2 aliphatic rings. The van der Waals surface area contributed by atoms with Gasteiger partial charge in [0.15, 0.2) is 11.5 Å². The van der Waals surface area contributed by atoms with Crippen molar-refractivity contribution in [2.75, 3.05) is 18.5 Å². The quantitative estimate of drug-likeness (QED) is 0.782. The second-order valence-corrected chi connectivity index (χ2v) is 6.90. The zero-order valence-corrected chi connectivity index (χ0v) is 15.4. The van der Waals surface area contributed by atoms with Gasteiger partial charge >= 0.3 is 0 Å². The molecular weight excluding hydrogens is 356 g/mol. The number of rotatable bonds is 5. The second-order valence-electron chi connectivity index (χ2n) is 6.90. The Morgan fingerprint density at radius 1 is 0.964 bits per heavy atom. The van der Waals surface area contributed by atoms with Crippen LogP contribution in [-0.2, 0) is 4.79 Å². The van der Waals surface area contributed by atoms with Gasteiger partial charge in [0.1, 0.15) is 0 Å². The Balaban J connectivity index is 1.34. The van der Waals surface area contributed by atoms with Crippen LogP contribution in [0.15, 0.2) is 48.5 Å². The summed E-state index contributed by atoms with van der Waals surface area (Å²) in [5.74, 6) is 1.10. The highest BCUT2D eigenvalue weighted by molar-refractivity contribution is 6.02. The molecule has 144 valence electrons. The van der Waals surface area contributed by atoms with Gasteiger partial charge in [-0.3, -0.25) is 9.59 Å². The molecule has 2 N–H and O–H groups in total. The molecule has 4 rings (SSSR count). The Labute approximate surface area is 163 Å². The standard InChI is InChI=1S/C22H22N2O4/c25-21(11-3-15-2-10-19-20(14-15)28-13-1-12-27-19)23-17-6-4-16(5-7-17)22(26)24-18-8-9-18/h2-7,10-11,14,18H,1,8-9,12-13H2,(H,23,25)(H,24,26)/b11-3+. The summed E-state index contributed by atoms with van der Waals surface area (Å²) in [6.45, 7) is 1.26. The van der Waals surface area contributed by atoms with Crippen LogP contribution in [-0.4, -0.2) is 31.1 Å². The maximum Gasteiger partial charge on any atom is 0.251 e. The molecule has 0 spiro atoms. The predicted molar refractivity (Wildman–Crippen MR) is 107 cm³/mol. The van der Waals surface area contributed by atoms with Crippen molar-refractivity contribution in [3.63, 3.8) is 0 Å². The molecular formula is C22H22N2O4. The van der Waals surface area contributed by atoms with Crippen molar-refractivity contribution in [2.45, 2.75) is 25.3 Å². The van der Waals surface area contributed by atoms with E-state index in [0.29, 0.717) is 36.3 Å². The number of carbonyl (C=O) groups excluding carboxylic acids is 2. The lowest BCUT2D eigenvalue weighted by Crippen LogP contribution is -2.25. The lowest BCUT2D eigenvalue weighted by molar-refractivity contribution is -0.111. The fourth-order valence-corrected chi connectivity index (χ4v) is 2.84. The highest BCUT2D eigenvalue weighted by Crippen LogP contribution is 2.30. The SMILES string of the molecule is O=C(/C=C/c1ccc2c(c1)OCCCO2)Nc1ccc(C(=O)NC2CC2)cc1. The van der Waals surface area contributed by atoms with E-state index in [2.05, 4.69) is 10.6 Å². The summed E-state index contributed by atoms with van der Waals surface area (Å²) >= 11 is 0. The smallest absolute Gasteiger partial charge is 0.251 e. The van der Waals surface area contributed by atoms with E-state index in [1.165, 1.54) is 6.08 Å². The maximum atomic E-state index is 12.2. The minimum Gasteiger partial charge on any atom is -0.490 e. The van der Waals surface area contributed by atoms with Crippen LogP contribution in [0.1, 0.15) is 35.2 Å². The summed E-state index contributed by atoms with van der Waals surface area (Å²) in [4.78, 5) is 24.2. The Morgan fingerprint density at radius 2 is 1.71 bits per heavy atom. The van der Waals surface area contributed by atoms with Gasteiger partial charge in [-0.25, -0.2) is 0 Å². The molecule has 1 heterocycles. The summed E-state index contributed by atoms with van der Waals surface area (Å²) < 4.78 is 11.3. The highest BCUT2D eigenvalue weighted by Gasteiger charge is 2.23. The normalized spacial score (nSPS) is 15.7. The first-order valence-electron chi connectivity index (χ1n) is 9.47. The number of hydrogen-bond acceptors (Lipinski definition) is 4. The van der Waals surface area contributed by atoms with Crippen molar-refractivity contribution in [3.05, 3.63) is 59.7 Å². The predicted octanol–water partition coefficient (Wildman–Crippen LogP) is 3.39. The van der Waals surface area contributed by atoms with Crippen LogP contribution in [0.3, 0.4) is 0 Å². The van der Waals surface area contributed by atoms with Gasteiger partial charge in [-0.15, -0.1) is 0 Å². The van der Waals surface area contributed by atoms with Gasteiger partial charge in [0.05, 0.1) is 13.2 Å². The largest absolute Gasteiger partial charge is 0.490 e. The van der Waals surface area contributed by atoms with Gasteiger partial charge in [0, 0.05) is 29.8 Å². The van der Waals surface area contributed by atoms with Gasteiger partial charge < -0.3 is 20.1 Å². The van der Waals surface area contributed by atoms with E-state index in [9.17, 15) is 9.59 Å². The topological polar surface area (TPSA) is 76.7 Å². The van der Waals surface area contributed by atoms with Crippen LogP contribution in [0, 0.1) is 0 Å². The minimum atomic E-state index is -0.248. The molecule has 0 saturated heterocycles. The van der Waals surface area contributed by atoms with E-state index in [-0.39, 0.29) is 11.8 Å². The number of fused-ring (bicyclic) bond motifs is 1. The summed E-state index contributed by atoms with van der Waals surface area (Å²) in [6, 6.07) is 12.8. The minimum absolute atomic E-state index is 0.0744. The van der Waals surface area contributed by atoms with Crippen LogP contribution in [0.25, 0.3) is 6.08 Å². The summed E-state index contributed by atoms with van der Waals surface area (Å²) in [7, 11) is 0. The van der Waals surface area contributed by atoms with E-state index < -0.39 is 0 Å². The molecule has 1 aliphatic carbocycles. The molecule has 0 bridgehead atoms. The molecule has 1 fully saturated rings.